The Morgan fingerprint density at radius 3 is 1.03 bits per heavy atom. The third kappa shape index (κ3) is 12.2. The van der Waals surface area contributed by atoms with Crippen LogP contribution in [0.15, 0.2) is 291 Å². The number of nitrogens with zero attached hydrogens (tertiary/aromatic N) is 4. The number of hydrogen-bond donors (Lipinski definition) is 0. The first-order chi connectivity index (χ1) is 54.8. The monoisotopic (exact) mass is 1490 g/mol. The van der Waals surface area contributed by atoms with Crippen molar-refractivity contribution in [2.24, 2.45) is 0 Å². The Hall–Kier alpha value is -11.8. The van der Waals surface area contributed by atoms with E-state index in [9.17, 15) is 0 Å². The Morgan fingerprint density at radius 1 is 0.235 bits per heavy atom. The van der Waals surface area contributed by atoms with Gasteiger partial charge in [0, 0.05) is 78.9 Å². The molecule has 4 aliphatic rings. The zero-order chi connectivity index (χ0) is 79.9. The van der Waals surface area contributed by atoms with E-state index in [1.54, 1.807) is 0 Å². The van der Waals surface area contributed by atoms with E-state index < -0.39 is 0 Å². The highest BCUT2D eigenvalue weighted by molar-refractivity contribution is 7.02. The second-order valence-electron chi connectivity index (χ2n) is 39.0. The standard InChI is InChI=1S/C108H102B2N4O/c1-103(2,3)71-45-51-77(52-46-71)111-92-66-93-88(65-87(92)109-85-53-47-74(106(10,11)12)59-91(85)113(95-61-76(108(16,17)18)60-94(111)99(95)109)101-79(67-33-23-19-24-34-67)41-31-42-80(101)68-35-25-20-26-36-68)110-86-54-48-75(107(13,14)15)62-97(86)115-98-64-78(112-89-55-49-72(104(4,5)6)57-83(89)84-58-73(105(7,8)9)50-56-90(84)112)63-96(100(98)110)114(93)102-81(69-37-27-21-28-38-69)43-32-44-82(102)70-39-29-22-30-40-70/h19-66H,1-18H3. The van der Waals surface area contributed by atoms with Crippen molar-refractivity contribution in [2.75, 3.05) is 14.7 Å². The lowest BCUT2D eigenvalue weighted by Crippen LogP contribution is -2.64. The van der Waals surface area contributed by atoms with Gasteiger partial charge in [-0.2, -0.15) is 0 Å². The van der Waals surface area contributed by atoms with Crippen LogP contribution in [-0.2, 0) is 32.5 Å². The molecule has 566 valence electrons. The molecule has 0 radical (unpaired) electrons. The maximum atomic E-state index is 7.92. The van der Waals surface area contributed by atoms with Crippen LogP contribution in [0.2, 0.25) is 0 Å². The molecule has 0 spiro atoms. The summed E-state index contributed by atoms with van der Waals surface area (Å²) in [4.78, 5) is 8.09. The molecule has 0 fully saturated rings. The van der Waals surface area contributed by atoms with Gasteiger partial charge in [0.05, 0.1) is 28.1 Å². The van der Waals surface area contributed by atoms with Gasteiger partial charge in [0.25, 0.3) is 13.4 Å². The molecule has 19 rings (SSSR count). The van der Waals surface area contributed by atoms with Gasteiger partial charge in [-0.3, -0.25) is 0 Å². The highest BCUT2D eigenvalue weighted by atomic mass is 16.5. The van der Waals surface area contributed by atoms with Crippen molar-refractivity contribution >= 4 is 119 Å². The van der Waals surface area contributed by atoms with Gasteiger partial charge in [0.1, 0.15) is 11.5 Å². The largest absolute Gasteiger partial charge is 0.458 e. The van der Waals surface area contributed by atoms with Crippen LogP contribution in [0.3, 0.4) is 0 Å². The summed E-state index contributed by atoms with van der Waals surface area (Å²) < 4.78 is 10.5. The minimum atomic E-state index is -0.298. The van der Waals surface area contributed by atoms with Crippen molar-refractivity contribution in [3.63, 3.8) is 0 Å². The summed E-state index contributed by atoms with van der Waals surface area (Å²) in [5, 5.41) is 2.47. The predicted molar refractivity (Wildman–Crippen MR) is 495 cm³/mol. The zero-order valence-corrected chi connectivity index (χ0v) is 70.1. The normalized spacial score (nSPS) is 13.8. The molecule has 0 aliphatic carbocycles. The second kappa shape index (κ2) is 26.4. The Bertz CT molecular complexity index is 6240. The van der Waals surface area contributed by atoms with E-state index in [2.05, 4.69) is 435 Å². The zero-order valence-electron chi connectivity index (χ0n) is 70.1. The van der Waals surface area contributed by atoms with Crippen LogP contribution < -0.4 is 52.2 Å². The van der Waals surface area contributed by atoms with Crippen molar-refractivity contribution < 1.29 is 4.74 Å². The Kier molecular flexibility index (Phi) is 16.8. The lowest BCUT2D eigenvalue weighted by atomic mass is 9.30. The molecule has 0 atom stereocenters. The molecule has 14 aromatic carbocycles. The molecule has 5 nitrogen and oxygen atoms in total. The van der Waals surface area contributed by atoms with Crippen LogP contribution in [0.1, 0.15) is 158 Å². The van der Waals surface area contributed by atoms with Crippen molar-refractivity contribution in [2.45, 2.75) is 157 Å². The fourth-order valence-corrected chi connectivity index (χ4v) is 18.8. The number of benzene rings is 14. The average molecular weight is 1490 g/mol. The molecule has 15 aromatic rings. The quantitative estimate of drug-likeness (QED) is 0.142. The number of fused-ring (bicyclic) bond motifs is 11. The van der Waals surface area contributed by atoms with Crippen molar-refractivity contribution in [1.82, 2.24) is 4.57 Å². The van der Waals surface area contributed by atoms with Gasteiger partial charge >= 0.3 is 0 Å². The summed E-state index contributed by atoms with van der Waals surface area (Å²) in [6.07, 6.45) is 0. The van der Waals surface area contributed by atoms with E-state index in [4.69, 9.17) is 4.74 Å². The topological polar surface area (TPSA) is 23.9 Å². The van der Waals surface area contributed by atoms with Crippen LogP contribution in [0.5, 0.6) is 11.5 Å². The third-order valence-corrected chi connectivity index (χ3v) is 25.2. The molecule has 0 bridgehead atoms. The highest BCUT2D eigenvalue weighted by Crippen LogP contribution is 2.56. The van der Waals surface area contributed by atoms with Crippen LogP contribution in [0.4, 0.5) is 51.2 Å². The van der Waals surface area contributed by atoms with Crippen LogP contribution >= 0.6 is 0 Å². The van der Waals surface area contributed by atoms with Crippen LogP contribution in [0.25, 0.3) is 72.0 Å². The summed E-state index contributed by atoms with van der Waals surface area (Å²) in [5.41, 5.74) is 36.6. The number of rotatable bonds is 8. The molecule has 115 heavy (non-hydrogen) atoms. The van der Waals surface area contributed by atoms with Gasteiger partial charge in [-0.1, -0.05) is 337 Å². The fourth-order valence-electron chi connectivity index (χ4n) is 18.8. The molecule has 0 N–H and O–H groups in total. The third-order valence-electron chi connectivity index (χ3n) is 25.2. The maximum Gasteiger partial charge on any atom is 0.256 e. The molecule has 0 unspecified atom stereocenters. The Labute approximate surface area is 682 Å². The average Bonchev–Trinajstić information content (AvgIpc) is 0.791. The molecule has 4 aliphatic heterocycles. The second-order valence-corrected chi connectivity index (χ2v) is 39.0. The summed E-state index contributed by atoms with van der Waals surface area (Å²) in [7, 11) is 0. The van der Waals surface area contributed by atoms with E-state index >= 15 is 0 Å². The van der Waals surface area contributed by atoms with Crippen LogP contribution in [-0.4, -0.2) is 18.0 Å². The molecule has 0 saturated carbocycles. The number of ether oxygens (including phenoxy) is 1. The molecule has 0 saturated heterocycles. The highest BCUT2D eigenvalue weighted by Gasteiger charge is 2.50. The fraction of sp³-hybridized carbons (Fsp3) is 0.222. The van der Waals surface area contributed by atoms with Gasteiger partial charge < -0.3 is 24.0 Å². The summed E-state index contributed by atoms with van der Waals surface area (Å²) in [5.74, 6) is 1.73. The molecule has 0 amide bonds. The number of para-hydroxylation sites is 2. The van der Waals surface area contributed by atoms with Gasteiger partial charge in [-0.25, -0.2) is 0 Å². The molecule has 5 heterocycles. The van der Waals surface area contributed by atoms with Gasteiger partial charge in [-0.15, -0.1) is 0 Å². The molecular formula is C108H102B2N4O. The number of hydrogen-bond acceptors (Lipinski definition) is 4. The first-order valence-corrected chi connectivity index (χ1v) is 41.4. The van der Waals surface area contributed by atoms with E-state index in [0.29, 0.717) is 0 Å². The Morgan fingerprint density at radius 2 is 0.591 bits per heavy atom. The molecule has 7 heteroatoms. The maximum absolute atomic E-state index is 7.92. The van der Waals surface area contributed by atoms with Crippen molar-refractivity contribution in [3.8, 4) is 61.7 Å². The van der Waals surface area contributed by atoms with Gasteiger partial charge in [0.15, 0.2) is 0 Å². The molecular weight excluding hydrogens is 1390 g/mol. The first-order valence-electron chi connectivity index (χ1n) is 41.4. The Balaban J connectivity index is 0.988. The number of aromatic nitrogens is 1. The predicted octanol–water partition coefficient (Wildman–Crippen LogP) is 25.7. The van der Waals surface area contributed by atoms with Gasteiger partial charge in [-0.05, 0) is 194 Å². The lowest BCUT2D eigenvalue weighted by molar-refractivity contribution is 0.483. The lowest BCUT2D eigenvalue weighted by Gasteiger charge is -2.47. The summed E-state index contributed by atoms with van der Waals surface area (Å²) >= 11 is 0. The van der Waals surface area contributed by atoms with Gasteiger partial charge in [0.2, 0.25) is 0 Å². The number of anilines is 9. The van der Waals surface area contributed by atoms with Crippen molar-refractivity contribution in [3.05, 3.63) is 325 Å². The van der Waals surface area contributed by atoms with E-state index in [-0.39, 0.29) is 45.9 Å². The summed E-state index contributed by atoms with van der Waals surface area (Å²) in [6, 6.07) is 113. The van der Waals surface area contributed by atoms with E-state index in [0.717, 1.165) is 107 Å². The van der Waals surface area contributed by atoms with Crippen molar-refractivity contribution in [1.29, 1.82) is 0 Å². The van der Waals surface area contributed by atoms with E-state index in [1.807, 2.05) is 0 Å². The minimum absolute atomic E-state index is 0.0827. The minimum Gasteiger partial charge on any atom is -0.458 e. The first kappa shape index (κ1) is 73.4. The van der Waals surface area contributed by atoms with Crippen LogP contribution in [0, 0.1) is 0 Å². The SMILES string of the molecule is CC(C)(C)c1ccc(N2c3cc4c(cc3B3c5ccc(C(C)(C)C)cc5N(c5c(-c6ccccc6)cccc5-c5ccccc5)c5cc(C(C)(C)C)cc2c53)B2c3ccc(C(C)(C)C)cc3Oc3cc(-n5c6ccc(C(C)(C)C)cc6c6cc(C(C)(C)C)ccc65)cc(c32)N4c2c(-c3ccccc3)cccc2-c2ccccc2)cc1. The molecule has 1 aromatic heterocycles. The van der Waals surface area contributed by atoms with E-state index in [1.165, 1.54) is 94.2 Å². The smallest absolute Gasteiger partial charge is 0.256 e. The summed E-state index contributed by atoms with van der Waals surface area (Å²) in [6.45, 7) is 41.7.